The minimum absolute atomic E-state index is 1.32. The Morgan fingerprint density at radius 2 is 0.650 bits per heavy atom. The van der Waals surface area contributed by atoms with E-state index in [0.717, 1.165) is 0 Å². The molecule has 112 valence electrons. The molecule has 1 aliphatic rings. The normalized spacial score (nSPS) is 35.0. The van der Waals surface area contributed by atoms with E-state index in [1.807, 2.05) is 0 Å². The largest absolute Gasteiger partial charge is 0.323 e. The van der Waals surface area contributed by atoms with Crippen molar-refractivity contribution in [3.63, 3.8) is 0 Å². The van der Waals surface area contributed by atoms with Crippen LogP contribution < -0.4 is 0 Å². The Kier molecular flexibility index (Phi) is 6.74. The lowest BCUT2D eigenvalue weighted by Gasteiger charge is -2.50. The third kappa shape index (κ3) is 3.12. The highest BCUT2D eigenvalue weighted by atomic mass is 28.4. The summed E-state index contributed by atoms with van der Waals surface area (Å²) < 4.78 is 10.3. The quantitative estimate of drug-likeness (QED) is 0.640. The fourth-order valence-electron chi connectivity index (χ4n) is 3.11. The first-order valence-corrected chi connectivity index (χ1v) is 13.6. The molecule has 0 radical (unpaired) electrons. The summed E-state index contributed by atoms with van der Waals surface area (Å²) in [5, 5.41) is 0. The molecule has 0 atom stereocenters. The summed E-state index contributed by atoms with van der Waals surface area (Å²) in [5.74, 6) is 0. The Bertz CT molecular complexity index is 304. The predicted octanol–water partition coefficient (Wildman–Crippen LogP) is -0.490. The van der Waals surface area contributed by atoms with E-state index in [1.165, 1.54) is 0 Å². The van der Waals surface area contributed by atoms with Gasteiger partial charge in [-0.2, -0.15) is 0 Å². The standard InChI is InChI=1S/C12H28N4Si4/c1-9-17-13(5)18(10-2)15(7)20(12-4)16(8)19(11-3)14(17)6/h9-12,17-20H,1-4H2,5-8H3. The molecule has 0 spiro atoms. The molecule has 0 N–H and O–H groups in total. The highest BCUT2D eigenvalue weighted by Gasteiger charge is 2.40. The maximum Gasteiger partial charge on any atom is 0.203 e. The van der Waals surface area contributed by atoms with Crippen LogP contribution in [-0.2, 0) is 0 Å². The highest BCUT2D eigenvalue weighted by molar-refractivity contribution is 6.90. The maximum atomic E-state index is 4.09. The Morgan fingerprint density at radius 1 is 0.500 bits per heavy atom. The van der Waals surface area contributed by atoms with Crippen LogP contribution in [0.5, 0.6) is 0 Å². The predicted molar refractivity (Wildman–Crippen MR) is 100 cm³/mol. The lowest BCUT2D eigenvalue weighted by atomic mass is 11.3. The van der Waals surface area contributed by atoms with E-state index >= 15 is 0 Å². The molecule has 1 heterocycles. The van der Waals surface area contributed by atoms with Crippen LogP contribution >= 0.6 is 0 Å². The molecule has 1 aliphatic heterocycles. The average molecular weight is 341 g/mol. The fourth-order valence-corrected chi connectivity index (χ4v) is 22.9. The molecule has 0 bridgehead atoms. The molecule has 4 nitrogen and oxygen atoms in total. The Hall–Kier alpha value is -0.332. The Morgan fingerprint density at radius 3 is 0.750 bits per heavy atom. The molecule has 0 saturated carbocycles. The second-order valence-corrected chi connectivity index (χ2v) is 19.4. The van der Waals surface area contributed by atoms with Gasteiger partial charge in [-0.15, -0.1) is 26.3 Å². The van der Waals surface area contributed by atoms with Crippen molar-refractivity contribution < 1.29 is 0 Å². The van der Waals surface area contributed by atoms with Crippen LogP contribution in [0, 0.1) is 0 Å². The minimum atomic E-state index is -1.32. The van der Waals surface area contributed by atoms with Crippen molar-refractivity contribution in [2.75, 3.05) is 28.2 Å². The summed E-state index contributed by atoms with van der Waals surface area (Å²) in [5.41, 5.74) is 8.68. The molecular weight excluding hydrogens is 313 g/mol. The fraction of sp³-hybridized carbons (Fsp3) is 0.333. The van der Waals surface area contributed by atoms with E-state index < -0.39 is 36.5 Å². The zero-order valence-electron chi connectivity index (χ0n) is 13.2. The maximum absolute atomic E-state index is 4.09. The molecule has 0 aromatic heterocycles. The van der Waals surface area contributed by atoms with E-state index in [4.69, 9.17) is 0 Å². The molecule has 0 unspecified atom stereocenters. The van der Waals surface area contributed by atoms with Crippen molar-refractivity contribution in [2.24, 2.45) is 0 Å². The van der Waals surface area contributed by atoms with Crippen LogP contribution in [-0.4, -0.2) is 81.6 Å². The molecular formula is C12H28N4Si4. The van der Waals surface area contributed by atoms with Gasteiger partial charge in [-0.1, -0.05) is 22.8 Å². The molecule has 0 aromatic carbocycles. The molecule has 0 aromatic rings. The highest BCUT2D eigenvalue weighted by Crippen LogP contribution is 2.16. The second kappa shape index (κ2) is 7.61. The van der Waals surface area contributed by atoms with Gasteiger partial charge >= 0.3 is 0 Å². The van der Waals surface area contributed by atoms with Gasteiger partial charge in [-0.05, 0) is 28.2 Å². The summed E-state index contributed by atoms with van der Waals surface area (Å²) in [6.07, 6.45) is 0. The van der Waals surface area contributed by atoms with Crippen LogP contribution in [0.4, 0.5) is 0 Å². The lowest BCUT2D eigenvalue weighted by molar-refractivity contribution is 0.558. The van der Waals surface area contributed by atoms with Gasteiger partial charge < -0.3 is 16.9 Å². The van der Waals surface area contributed by atoms with E-state index in [0.29, 0.717) is 0 Å². The van der Waals surface area contributed by atoms with Crippen molar-refractivity contribution in [1.82, 2.24) is 16.9 Å². The molecule has 0 amide bonds. The van der Waals surface area contributed by atoms with Crippen LogP contribution in [0.2, 0.25) is 0 Å². The summed E-state index contributed by atoms with van der Waals surface area (Å²) >= 11 is 0. The van der Waals surface area contributed by atoms with Crippen LogP contribution in [0.3, 0.4) is 0 Å². The van der Waals surface area contributed by atoms with Crippen LogP contribution in [0.15, 0.2) is 49.1 Å². The third-order valence-corrected chi connectivity index (χ3v) is 19.9. The lowest BCUT2D eigenvalue weighted by Crippen LogP contribution is -2.73. The molecule has 0 aliphatic carbocycles. The molecule has 1 rings (SSSR count). The van der Waals surface area contributed by atoms with Crippen LogP contribution in [0.1, 0.15) is 0 Å². The van der Waals surface area contributed by atoms with Gasteiger partial charge in [-0.25, -0.2) is 0 Å². The Labute approximate surface area is 131 Å². The zero-order valence-corrected chi connectivity index (χ0v) is 17.9. The minimum Gasteiger partial charge on any atom is -0.323 e. The van der Waals surface area contributed by atoms with Gasteiger partial charge in [0, 0.05) is 0 Å². The zero-order chi connectivity index (χ0) is 15.4. The summed E-state index contributed by atoms with van der Waals surface area (Å²) in [6, 6.07) is 0. The summed E-state index contributed by atoms with van der Waals surface area (Å²) in [4.78, 5) is 0. The average Bonchev–Trinajstić information content (AvgIpc) is 2.41. The van der Waals surface area contributed by atoms with Crippen molar-refractivity contribution in [3.8, 4) is 0 Å². The molecule has 1 fully saturated rings. The smallest absolute Gasteiger partial charge is 0.203 e. The van der Waals surface area contributed by atoms with E-state index in [1.54, 1.807) is 0 Å². The van der Waals surface area contributed by atoms with Gasteiger partial charge in [0.05, 0.1) is 0 Å². The third-order valence-electron chi connectivity index (χ3n) is 4.18. The van der Waals surface area contributed by atoms with Crippen molar-refractivity contribution in [3.05, 3.63) is 49.1 Å². The summed E-state index contributed by atoms with van der Waals surface area (Å²) in [7, 11) is 3.72. The second-order valence-electron chi connectivity index (χ2n) is 5.26. The number of nitrogens with zero attached hydrogens (tertiary/aromatic N) is 4. The Balaban J connectivity index is 3.31. The first kappa shape index (κ1) is 17.7. The first-order valence-electron chi connectivity index (χ1n) is 6.82. The monoisotopic (exact) mass is 340 g/mol. The number of rotatable bonds is 4. The summed E-state index contributed by atoms with van der Waals surface area (Å²) in [6.45, 7) is 16.4. The van der Waals surface area contributed by atoms with Crippen molar-refractivity contribution in [1.29, 1.82) is 0 Å². The van der Waals surface area contributed by atoms with Gasteiger partial charge in [0.25, 0.3) is 0 Å². The molecule has 8 heteroatoms. The molecule has 20 heavy (non-hydrogen) atoms. The van der Waals surface area contributed by atoms with E-state index in [9.17, 15) is 0 Å². The first-order chi connectivity index (χ1) is 9.44. The SMILES string of the molecule is C=C[SiH]1N(C)[SiH](C=C)N(C)[SiH](C=C)N(C)[SiH](C=C)N1C. The van der Waals surface area contributed by atoms with E-state index in [2.05, 4.69) is 94.2 Å². The van der Waals surface area contributed by atoms with Gasteiger partial charge in [0.1, 0.15) is 0 Å². The van der Waals surface area contributed by atoms with Crippen molar-refractivity contribution in [2.45, 2.75) is 0 Å². The van der Waals surface area contributed by atoms with Crippen LogP contribution in [0.25, 0.3) is 0 Å². The number of hydrogen-bond acceptors (Lipinski definition) is 4. The van der Waals surface area contributed by atoms with Gasteiger partial charge in [0.2, 0.25) is 36.5 Å². The van der Waals surface area contributed by atoms with Crippen molar-refractivity contribution >= 4 is 36.5 Å². The number of hydrogen-bond donors (Lipinski definition) is 0. The molecule has 1 saturated heterocycles. The van der Waals surface area contributed by atoms with Gasteiger partial charge in [0.15, 0.2) is 0 Å². The van der Waals surface area contributed by atoms with E-state index in [-0.39, 0.29) is 0 Å². The van der Waals surface area contributed by atoms with Gasteiger partial charge in [-0.3, -0.25) is 0 Å². The topological polar surface area (TPSA) is 13.0 Å².